The molecule has 3 aromatic heterocycles. The van der Waals surface area contributed by atoms with Crippen LogP contribution < -0.4 is 11.2 Å². The monoisotopic (exact) mass is 409 g/mol. The van der Waals surface area contributed by atoms with Crippen LogP contribution in [0.3, 0.4) is 0 Å². The van der Waals surface area contributed by atoms with Crippen molar-refractivity contribution in [2.75, 3.05) is 0 Å². The zero-order chi connectivity index (χ0) is 20.9. The van der Waals surface area contributed by atoms with Crippen LogP contribution in [0.5, 0.6) is 0 Å². The summed E-state index contributed by atoms with van der Waals surface area (Å²) in [5.74, 6) is -1.17. The van der Waals surface area contributed by atoms with E-state index in [2.05, 4.69) is 4.98 Å². The van der Waals surface area contributed by atoms with Crippen LogP contribution in [0.1, 0.15) is 40.7 Å². The molecule has 1 N–H and O–H groups in total. The van der Waals surface area contributed by atoms with Crippen LogP contribution in [-0.4, -0.2) is 25.2 Å². The van der Waals surface area contributed by atoms with Crippen LogP contribution in [-0.2, 0) is 13.5 Å². The number of carbonyl (C=O) groups is 1. The molecule has 0 fully saturated rings. The summed E-state index contributed by atoms with van der Waals surface area (Å²) in [6.07, 6.45) is 2.02. The van der Waals surface area contributed by atoms with Crippen LogP contribution in [0, 0.1) is 0 Å². The van der Waals surface area contributed by atoms with Crippen LogP contribution in [0.2, 0.25) is 0 Å². The molecule has 3 heterocycles. The lowest BCUT2D eigenvalue weighted by Gasteiger charge is -2.12. The number of hydrogen-bond donors (Lipinski definition) is 1. The van der Waals surface area contributed by atoms with Crippen molar-refractivity contribution in [3.8, 4) is 0 Å². The second-order valence-corrected chi connectivity index (χ2v) is 8.24. The average Bonchev–Trinajstić information content (AvgIpc) is 3.05. The quantitative estimate of drug-likeness (QED) is 0.559. The molecule has 1 aromatic carbocycles. The van der Waals surface area contributed by atoms with E-state index < -0.39 is 17.2 Å². The summed E-state index contributed by atoms with van der Waals surface area (Å²) in [7, 11) is 1.38. The van der Waals surface area contributed by atoms with Gasteiger partial charge in [0.15, 0.2) is 0 Å². The number of benzene rings is 1. The lowest BCUT2D eigenvalue weighted by molar-refractivity contribution is 0.0698. The number of aromatic carboxylic acids is 1. The van der Waals surface area contributed by atoms with Gasteiger partial charge in [0.1, 0.15) is 4.83 Å². The Morgan fingerprint density at radius 2 is 1.93 bits per heavy atom. The van der Waals surface area contributed by atoms with Gasteiger partial charge in [-0.1, -0.05) is 18.2 Å². The molecule has 0 aliphatic heterocycles. The number of fused-ring (bicyclic) bond motifs is 2. The highest BCUT2D eigenvalue weighted by molar-refractivity contribution is 7.19. The second-order valence-electron chi connectivity index (χ2n) is 7.16. The predicted octanol–water partition coefficient (Wildman–Crippen LogP) is 3.18. The molecule has 0 aliphatic rings. The number of para-hydroxylation sites is 1. The molecule has 0 bridgehead atoms. The first-order valence-electron chi connectivity index (χ1n) is 9.14. The van der Waals surface area contributed by atoms with E-state index in [-0.39, 0.29) is 17.0 Å². The van der Waals surface area contributed by atoms with Gasteiger partial charge in [-0.3, -0.25) is 18.9 Å². The molecule has 8 heteroatoms. The smallest absolute Gasteiger partial charge is 0.337 e. The maximum absolute atomic E-state index is 12.8. The molecular formula is C21H19N3O4S. The first-order chi connectivity index (χ1) is 13.8. The molecule has 4 rings (SSSR count). The van der Waals surface area contributed by atoms with E-state index in [1.165, 1.54) is 23.0 Å². The highest BCUT2D eigenvalue weighted by atomic mass is 32.1. The number of hydrogen-bond acceptors (Lipinski definition) is 5. The molecule has 0 saturated carbocycles. The SMILES string of the molecule is CC(C)n1c(=O)n(C)c(=O)c2c(C(=O)O)c(Cc3ccnc4ccccc34)sc21. The molecular weight excluding hydrogens is 390 g/mol. The number of rotatable bonds is 4. The normalized spacial score (nSPS) is 11.6. The zero-order valence-electron chi connectivity index (χ0n) is 16.2. The molecule has 0 spiro atoms. The third kappa shape index (κ3) is 2.96. The molecule has 0 atom stereocenters. The van der Waals surface area contributed by atoms with E-state index in [1.807, 2.05) is 44.2 Å². The van der Waals surface area contributed by atoms with Crippen molar-refractivity contribution in [3.63, 3.8) is 0 Å². The van der Waals surface area contributed by atoms with Gasteiger partial charge in [0.25, 0.3) is 5.56 Å². The number of nitrogens with zero attached hydrogens (tertiary/aromatic N) is 3. The van der Waals surface area contributed by atoms with Crippen molar-refractivity contribution in [1.29, 1.82) is 0 Å². The molecule has 7 nitrogen and oxygen atoms in total. The largest absolute Gasteiger partial charge is 0.478 e. The Morgan fingerprint density at radius 1 is 1.21 bits per heavy atom. The summed E-state index contributed by atoms with van der Waals surface area (Å²) < 4.78 is 2.47. The van der Waals surface area contributed by atoms with Crippen molar-refractivity contribution in [1.82, 2.24) is 14.1 Å². The Bertz CT molecular complexity index is 1390. The first kappa shape index (κ1) is 19.1. The Kier molecular flexibility index (Phi) is 4.58. The van der Waals surface area contributed by atoms with Gasteiger partial charge in [-0.2, -0.15) is 0 Å². The van der Waals surface area contributed by atoms with Crippen molar-refractivity contribution in [3.05, 3.63) is 73.4 Å². The topological polar surface area (TPSA) is 94.2 Å². The number of carboxylic acid groups (broad SMARTS) is 1. The van der Waals surface area contributed by atoms with Crippen molar-refractivity contribution >= 4 is 38.4 Å². The Hall–Kier alpha value is -3.26. The molecule has 0 aliphatic carbocycles. The zero-order valence-corrected chi connectivity index (χ0v) is 17.0. The van der Waals surface area contributed by atoms with Crippen LogP contribution in [0.15, 0.2) is 46.1 Å². The molecule has 0 amide bonds. The van der Waals surface area contributed by atoms with E-state index in [0.717, 1.165) is 21.0 Å². The van der Waals surface area contributed by atoms with Crippen LogP contribution in [0.25, 0.3) is 21.1 Å². The standard InChI is InChI=1S/C21H19N3O4S/c1-11(2)24-19-17(18(25)23(3)21(24)28)16(20(26)27)15(29-19)10-12-8-9-22-14-7-5-4-6-13(12)14/h4-9,11H,10H2,1-3H3,(H,26,27). The third-order valence-electron chi connectivity index (χ3n) is 5.01. The molecule has 0 saturated heterocycles. The first-order valence-corrected chi connectivity index (χ1v) is 9.95. The maximum atomic E-state index is 12.8. The lowest BCUT2D eigenvalue weighted by atomic mass is 10.0. The minimum absolute atomic E-state index is 0.0270. The van der Waals surface area contributed by atoms with Gasteiger partial charge in [-0.15, -0.1) is 11.3 Å². The third-order valence-corrected chi connectivity index (χ3v) is 6.20. The predicted molar refractivity (Wildman–Crippen MR) is 113 cm³/mol. The van der Waals surface area contributed by atoms with E-state index in [4.69, 9.17) is 0 Å². The van der Waals surface area contributed by atoms with E-state index >= 15 is 0 Å². The van der Waals surface area contributed by atoms with Gasteiger partial charge in [-0.05, 0) is 31.5 Å². The van der Waals surface area contributed by atoms with Crippen molar-refractivity contribution in [2.24, 2.45) is 7.05 Å². The van der Waals surface area contributed by atoms with Gasteiger partial charge in [0.05, 0.1) is 16.5 Å². The number of pyridine rings is 1. The minimum Gasteiger partial charge on any atom is -0.478 e. The molecule has 29 heavy (non-hydrogen) atoms. The summed E-state index contributed by atoms with van der Waals surface area (Å²) in [4.78, 5) is 42.9. The molecule has 148 valence electrons. The van der Waals surface area contributed by atoms with E-state index in [0.29, 0.717) is 16.1 Å². The number of thiophene rings is 1. The summed E-state index contributed by atoms with van der Waals surface area (Å²) in [5.41, 5.74) is 0.678. The molecule has 0 unspecified atom stereocenters. The highest BCUT2D eigenvalue weighted by Crippen LogP contribution is 2.33. The summed E-state index contributed by atoms with van der Waals surface area (Å²) in [5, 5.41) is 10.9. The maximum Gasteiger partial charge on any atom is 0.337 e. The Morgan fingerprint density at radius 3 is 2.62 bits per heavy atom. The summed E-state index contributed by atoms with van der Waals surface area (Å²) in [6.45, 7) is 3.67. The lowest BCUT2D eigenvalue weighted by Crippen LogP contribution is -2.38. The fourth-order valence-electron chi connectivity index (χ4n) is 3.62. The number of aromatic nitrogens is 3. The Labute approximate surface area is 169 Å². The van der Waals surface area contributed by atoms with Gasteiger partial charge in [0.2, 0.25) is 0 Å². The van der Waals surface area contributed by atoms with Crippen molar-refractivity contribution < 1.29 is 9.90 Å². The average molecular weight is 409 g/mol. The van der Waals surface area contributed by atoms with Gasteiger partial charge >= 0.3 is 11.7 Å². The van der Waals surface area contributed by atoms with Gasteiger partial charge < -0.3 is 5.11 Å². The summed E-state index contributed by atoms with van der Waals surface area (Å²) in [6, 6.07) is 9.27. The summed E-state index contributed by atoms with van der Waals surface area (Å²) >= 11 is 1.20. The Balaban J connectivity index is 2.05. The van der Waals surface area contributed by atoms with Crippen molar-refractivity contribution in [2.45, 2.75) is 26.3 Å². The van der Waals surface area contributed by atoms with Crippen LogP contribution in [0.4, 0.5) is 0 Å². The number of carboxylic acids is 1. The van der Waals surface area contributed by atoms with E-state index in [1.54, 1.807) is 6.20 Å². The minimum atomic E-state index is -1.17. The van der Waals surface area contributed by atoms with Gasteiger partial charge in [0, 0.05) is 36.0 Å². The highest BCUT2D eigenvalue weighted by Gasteiger charge is 2.26. The fraction of sp³-hybridized carbons (Fsp3) is 0.238. The second kappa shape index (κ2) is 6.97. The van der Waals surface area contributed by atoms with Crippen LogP contribution >= 0.6 is 11.3 Å². The van der Waals surface area contributed by atoms with Gasteiger partial charge in [-0.25, -0.2) is 9.59 Å². The fourth-order valence-corrected chi connectivity index (χ4v) is 5.06. The molecule has 0 radical (unpaired) electrons. The van der Waals surface area contributed by atoms with E-state index in [9.17, 15) is 19.5 Å². The molecule has 4 aromatic rings.